The topological polar surface area (TPSA) is 60.1 Å². The molecule has 1 amide bonds. The number of nitrogens with one attached hydrogen (secondary N) is 1. The van der Waals surface area contributed by atoms with E-state index in [0.29, 0.717) is 13.1 Å². The van der Waals surface area contributed by atoms with Crippen molar-refractivity contribution >= 4 is 5.91 Å². The molecule has 1 rings (SSSR count). The highest BCUT2D eigenvalue weighted by Crippen LogP contribution is 2.05. The number of hydrogen-bond acceptors (Lipinski definition) is 2. The first-order valence-corrected chi connectivity index (χ1v) is 5.77. The number of carbonyl (C=O) groups excluding carboxylic acids is 1. The molecular formula is C12H21N3O. The highest BCUT2D eigenvalue weighted by molar-refractivity contribution is 5.78. The van der Waals surface area contributed by atoms with Gasteiger partial charge in [0.05, 0.1) is 12.5 Å². The zero-order valence-corrected chi connectivity index (χ0v) is 10.1. The van der Waals surface area contributed by atoms with Gasteiger partial charge < -0.3 is 15.6 Å². The van der Waals surface area contributed by atoms with Gasteiger partial charge >= 0.3 is 0 Å². The summed E-state index contributed by atoms with van der Waals surface area (Å²) in [7, 11) is 1.97. The fourth-order valence-corrected chi connectivity index (χ4v) is 1.71. The third-order valence-electron chi connectivity index (χ3n) is 2.79. The summed E-state index contributed by atoms with van der Waals surface area (Å²) in [6, 6.07) is 3.96. The van der Waals surface area contributed by atoms with Crippen molar-refractivity contribution in [3.05, 3.63) is 24.0 Å². The van der Waals surface area contributed by atoms with Crippen LogP contribution in [0, 0.1) is 5.92 Å². The fourth-order valence-electron chi connectivity index (χ4n) is 1.71. The van der Waals surface area contributed by atoms with Gasteiger partial charge in [0.1, 0.15) is 0 Å². The Morgan fingerprint density at radius 3 is 2.88 bits per heavy atom. The van der Waals surface area contributed by atoms with Crippen LogP contribution in [0.5, 0.6) is 0 Å². The average molecular weight is 223 g/mol. The molecule has 1 aromatic heterocycles. The van der Waals surface area contributed by atoms with E-state index in [9.17, 15) is 4.79 Å². The van der Waals surface area contributed by atoms with Crippen molar-refractivity contribution in [3.8, 4) is 0 Å². The Balaban J connectivity index is 2.42. The molecule has 4 heteroatoms. The van der Waals surface area contributed by atoms with Crippen LogP contribution < -0.4 is 11.1 Å². The molecule has 0 saturated carbocycles. The Hall–Kier alpha value is -1.29. The molecule has 0 spiro atoms. The van der Waals surface area contributed by atoms with Crippen LogP contribution in [0.15, 0.2) is 18.3 Å². The maximum absolute atomic E-state index is 11.8. The van der Waals surface area contributed by atoms with Gasteiger partial charge in [-0.15, -0.1) is 0 Å². The van der Waals surface area contributed by atoms with Gasteiger partial charge in [0.2, 0.25) is 5.91 Å². The summed E-state index contributed by atoms with van der Waals surface area (Å²) < 4.78 is 2.00. The first kappa shape index (κ1) is 12.8. The van der Waals surface area contributed by atoms with Crippen LogP contribution in [0.4, 0.5) is 0 Å². The van der Waals surface area contributed by atoms with Crippen LogP contribution >= 0.6 is 0 Å². The maximum atomic E-state index is 11.8. The molecule has 0 aliphatic carbocycles. The predicted molar refractivity (Wildman–Crippen MR) is 64.7 cm³/mol. The molecule has 0 fully saturated rings. The van der Waals surface area contributed by atoms with E-state index in [4.69, 9.17) is 5.73 Å². The van der Waals surface area contributed by atoms with E-state index >= 15 is 0 Å². The number of nitrogens with two attached hydrogens (primary N) is 1. The molecule has 1 aromatic rings. The van der Waals surface area contributed by atoms with Gasteiger partial charge in [-0.3, -0.25) is 4.79 Å². The van der Waals surface area contributed by atoms with E-state index in [1.807, 2.05) is 29.9 Å². The molecule has 0 bridgehead atoms. The van der Waals surface area contributed by atoms with Crippen molar-refractivity contribution in [1.82, 2.24) is 9.88 Å². The molecule has 1 heterocycles. The largest absolute Gasteiger partial charge is 0.353 e. The van der Waals surface area contributed by atoms with E-state index in [0.717, 1.165) is 18.5 Å². The minimum Gasteiger partial charge on any atom is -0.353 e. The minimum absolute atomic E-state index is 0.0507. The van der Waals surface area contributed by atoms with Crippen molar-refractivity contribution in [1.29, 1.82) is 0 Å². The lowest BCUT2D eigenvalue weighted by Crippen LogP contribution is -2.34. The maximum Gasteiger partial charge on any atom is 0.224 e. The standard InChI is InChI=1S/C12H21N3O/c1-3-5-10(8-13)12(16)14-9-11-6-4-7-15(11)2/h4,6-7,10H,3,5,8-9,13H2,1-2H3,(H,14,16). The number of nitrogens with zero attached hydrogens (tertiary/aromatic N) is 1. The molecule has 0 saturated heterocycles. The van der Waals surface area contributed by atoms with Gasteiger partial charge in [0.25, 0.3) is 0 Å². The lowest BCUT2D eigenvalue weighted by Gasteiger charge is -2.14. The number of aryl methyl sites for hydroxylation is 1. The Labute approximate surface area is 96.8 Å². The van der Waals surface area contributed by atoms with E-state index in [-0.39, 0.29) is 11.8 Å². The molecule has 4 nitrogen and oxygen atoms in total. The molecule has 3 N–H and O–H groups in total. The van der Waals surface area contributed by atoms with E-state index < -0.39 is 0 Å². The number of aromatic nitrogens is 1. The monoisotopic (exact) mass is 223 g/mol. The van der Waals surface area contributed by atoms with Gasteiger partial charge in [0, 0.05) is 25.5 Å². The average Bonchev–Trinajstić information content (AvgIpc) is 2.68. The zero-order chi connectivity index (χ0) is 12.0. The normalized spacial score (nSPS) is 12.4. The van der Waals surface area contributed by atoms with Gasteiger partial charge in [-0.2, -0.15) is 0 Å². The highest BCUT2D eigenvalue weighted by atomic mass is 16.1. The summed E-state index contributed by atoms with van der Waals surface area (Å²) in [4.78, 5) is 11.8. The van der Waals surface area contributed by atoms with Crippen LogP contribution in [-0.4, -0.2) is 17.0 Å². The molecule has 90 valence electrons. The zero-order valence-electron chi connectivity index (χ0n) is 10.1. The lowest BCUT2D eigenvalue weighted by molar-refractivity contribution is -0.125. The number of hydrogen-bond donors (Lipinski definition) is 2. The molecule has 16 heavy (non-hydrogen) atoms. The second-order valence-electron chi connectivity index (χ2n) is 4.05. The van der Waals surface area contributed by atoms with Crippen LogP contribution in [-0.2, 0) is 18.4 Å². The number of rotatable bonds is 6. The molecule has 0 aromatic carbocycles. The quantitative estimate of drug-likeness (QED) is 0.756. The third kappa shape index (κ3) is 3.38. The van der Waals surface area contributed by atoms with Crippen molar-refractivity contribution in [2.75, 3.05) is 6.54 Å². The fraction of sp³-hybridized carbons (Fsp3) is 0.583. The van der Waals surface area contributed by atoms with Crippen LogP contribution in [0.1, 0.15) is 25.5 Å². The molecule has 1 atom stereocenters. The van der Waals surface area contributed by atoms with Crippen molar-refractivity contribution in [2.24, 2.45) is 18.7 Å². The Bertz CT molecular complexity index is 333. The van der Waals surface area contributed by atoms with Gasteiger partial charge in [-0.1, -0.05) is 13.3 Å². The summed E-state index contributed by atoms with van der Waals surface area (Å²) in [5.41, 5.74) is 6.67. The van der Waals surface area contributed by atoms with Gasteiger partial charge in [0.15, 0.2) is 0 Å². The lowest BCUT2D eigenvalue weighted by atomic mass is 10.0. The molecular weight excluding hydrogens is 202 g/mol. The smallest absolute Gasteiger partial charge is 0.224 e. The number of amides is 1. The Morgan fingerprint density at radius 2 is 2.38 bits per heavy atom. The molecule has 0 aliphatic rings. The summed E-state index contributed by atoms with van der Waals surface area (Å²) in [5.74, 6) is 0.0100. The van der Waals surface area contributed by atoms with E-state index in [2.05, 4.69) is 12.2 Å². The van der Waals surface area contributed by atoms with Crippen LogP contribution in [0.2, 0.25) is 0 Å². The minimum atomic E-state index is -0.0507. The van der Waals surface area contributed by atoms with Gasteiger partial charge in [-0.05, 0) is 18.6 Å². The van der Waals surface area contributed by atoms with E-state index in [1.54, 1.807) is 0 Å². The van der Waals surface area contributed by atoms with Gasteiger partial charge in [-0.25, -0.2) is 0 Å². The second-order valence-corrected chi connectivity index (χ2v) is 4.05. The summed E-state index contributed by atoms with van der Waals surface area (Å²) in [6.45, 7) is 3.06. The SMILES string of the molecule is CCCC(CN)C(=O)NCc1cccn1C. The summed E-state index contributed by atoms with van der Waals surface area (Å²) in [5, 5.41) is 2.92. The summed E-state index contributed by atoms with van der Waals surface area (Å²) in [6.07, 6.45) is 3.81. The van der Waals surface area contributed by atoms with Crippen molar-refractivity contribution in [2.45, 2.75) is 26.3 Å². The first-order valence-electron chi connectivity index (χ1n) is 5.77. The third-order valence-corrected chi connectivity index (χ3v) is 2.79. The first-order chi connectivity index (χ1) is 7.69. The number of carbonyl (C=O) groups is 1. The Kier molecular flexibility index (Phi) is 5.05. The second kappa shape index (κ2) is 6.33. The van der Waals surface area contributed by atoms with E-state index in [1.165, 1.54) is 0 Å². The Morgan fingerprint density at radius 1 is 1.62 bits per heavy atom. The predicted octanol–water partition coefficient (Wildman–Crippen LogP) is 1.02. The van der Waals surface area contributed by atoms with Crippen molar-refractivity contribution < 1.29 is 4.79 Å². The highest BCUT2D eigenvalue weighted by Gasteiger charge is 2.15. The summed E-state index contributed by atoms with van der Waals surface area (Å²) >= 11 is 0. The molecule has 0 radical (unpaired) electrons. The van der Waals surface area contributed by atoms with Crippen LogP contribution in [0.3, 0.4) is 0 Å². The van der Waals surface area contributed by atoms with Crippen molar-refractivity contribution in [3.63, 3.8) is 0 Å². The van der Waals surface area contributed by atoms with Crippen LogP contribution in [0.25, 0.3) is 0 Å². The molecule has 0 aliphatic heterocycles. The molecule has 1 unspecified atom stereocenters.